The smallest absolute Gasteiger partial charge is 0.235 e. The predicted octanol–water partition coefficient (Wildman–Crippen LogP) is 11.7. The zero-order chi connectivity index (χ0) is 34.2. The number of aromatic nitrogens is 5. The third kappa shape index (κ3) is 4.26. The van der Waals surface area contributed by atoms with Gasteiger partial charge in [0, 0.05) is 38.7 Å². The van der Waals surface area contributed by atoms with Crippen LogP contribution in [0.2, 0.25) is 0 Å². The zero-order valence-electron chi connectivity index (χ0n) is 28.0. The van der Waals surface area contributed by atoms with Gasteiger partial charge in [0.25, 0.3) is 0 Å². The van der Waals surface area contributed by atoms with Crippen molar-refractivity contribution in [2.45, 2.75) is 0 Å². The average Bonchev–Trinajstić information content (AvgIpc) is 3.73. The Morgan fingerprint density at radius 3 is 1.87 bits per heavy atom. The fourth-order valence-electron chi connectivity index (χ4n) is 8.05. The summed E-state index contributed by atoms with van der Waals surface area (Å²) >= 11 is 0. The lowest BCUT2D eigenvalue weighted by molar-refractivity contribution is 1.01. The highest BCUT2D eigenvalue weighted by Gasteiger charge is 2.20. The zero-order valence-corrected chi connectivity index (χ0v) is 28.0. The molecule has 0 aliphatic rings. The second-order valence-corrected chi connectivity index (χ2v) is 13.3. The van der Waals surface area contributed by atoms with Gasteiger partial charge in [-0.3, -0.25) is 9.13 Å². The van der Waals surface area contributed by atoms with Crippen molar-refractivity contribution in [1.82, 2.24) is 24.1 Å². The highest BCUT2D eigenvalue weighted by atomic mass is 15.2. The number of nitrogens with zero attached hydrogens (tertiary/aromatic N) is 5. The van der Waals surface area contributed by atoms with E-state index < -0.39 is 0 Å². The molecule has 0 fully saturated rings. The fraction of sp³-hybridized carbons (Fsp3) is 0. The summed E-state index contributed by atoms with van der Waals surface area (Å²) in [5.74, 6) is 1.57. The first-order chi connectivity index (χ1) is 25.8. The molecule has 7 aromatic carbocycles. The molecular formula is C47H29N5. The van der Waals surface area contributed by atoms with Crippen LogP contribution in [-0.4, -0.2) is 24.1 Å². The SMILES string of the molecule is c1ccc(-c2nc(-n3c4ccc(-c5ccc6c(c5)c5ccccc5n6-c5ccccn5)cc4c4c5ccccc5ccc43)nc3ccccc23)cc1. The molecule has 0 aliphatic heterocycles. The quantitative estimate of drug-likeness (QED) is 0.188. The minimum absolute atomic E-state index is 0.657. The largest absolute Gasteiger partial charge is 0.294 e. The molecule has 0 aliphatic carbocycles. The normalized spacial score (nSPS) is 11.8. The average molecular weight is 664 g/mol. The van der Waals surface area contributed by atoms with Crippen molar-refractivity contribution in [1.29, 1.82) is 0 Å². The summed E-state index contributed by atoms with van der Waals surface area (Å²) in [6, 6.07) is 60.0. The Kier molecular flexibility index (Phi) is 6.18. The molecule has 11 aromatic rings. The van der Waals surface area contributed by atoms with E-state index in [1.165, 1.54) is 32.3 Å². The molecule has 242 valence electrons. The molecular weight excluding hydrogens is 635 g/mol. The molecule has 4 aromatic heterocycles. The summed E-state index contributed by atoms with van der Waals surface area (Å²) in [6.45, 7) is 0. The van der Waals surface area contributed by atoms with Crippen LogP contribution in [0.3, 0.4) is 0 Å². The molecule has 5 heteroatoms. The second kappa shape index (κ2) is 11.2. The molecule has 0 bridgehead atoms. The van der Waals surface area contributed by atoms with Crippen LogP contribution in [0, 0.1) is 0 Å². The molecule has 0 saturated carbocycles. The number of rotatable bonds is 4. The molecule has 0 spiro atoms. The van der Waals surface area contributed by atoms with E-state index in [4.69, 9.17) is 15.0 Å². The molecule has 52 heavy (non-hydrogen) atoms. The number of hydrogen-bond acceptors (Lipinski definition) is 3. The summed E-state index contributed by atoms with van der Waals surface area (Å²) in [5, 5.41) is 8.21. The van der Waals surface area contributed by atoms with Crippen molar-refractivity contribution >= 4 is 65.3 Å². The van der Waals surface area contributed by atoms with Gasteiger partial charge >= 0.3 is 0 Å². The van der Waals surface area contributed by atoms with Crippen molar-refractivity contribution in [2.75, 3.05) is 0 Å². The van der Waals surface area contributed by atoms with Gasteiger partial charge in [-0.2, -0.15) is 0 Å². The number of para-hydroxylation sites is 2. The summed E-state index contributed by atoms with van der Waals surface area (Å²) in [5.41, 5.74) is 9.64. The van der Waals surface area contributed by atoms with Gasteiger partial charge in [0.1, 0.15) is 5.82 Å². The summed E-state index contributed by atoms with van der Waals surface area (Å²) < 4.78 is 4.49. The van der Waals surface area contributed by atoms with Gasteiger partial charge in [-0.25, -0.2) is 15.0 Å². The maximum atomic E-state index is 5.31. The maximum Gasteiger partial charge on any atom is 0.235 e. The van der Waals surface area contributed by atoms with Crippen LogP contribution in [-0.2, 0) is 0 Å². The third-order valence-corrected chi connectivity index (χ3v) is 10.4. The van der Waals surface area contributed by atoms with Gasteiger partial charge < -0.3 is 0 Å². The van der Waals surface area contributed by atoms with Crippen molar-refractivity contribution in [2.24, 2.45) is 0 Å². The maximum absolute atomic E-state index is 5.31. The van der Waals surface area contributed by atoms with Crippen LogP contribution < -0.4 is 0 Å². The Bertz CT molecular complexity index is 3180. The molecule has 0 atom stereocenters. The van der Waals surface area contributed by atoms with Gasteiger partial charge in [-0.15, -0.1) is 0 Å². The monoisotopic (exact) mass is 663 g/mol. The van der Waals surface area contributed by atoms with Crippen LogP contribution in [0.15, 0.2) is 176 Å². The van der Waals surface area contributed by atoms with Gasteiger partial charge in [-0.05, 0) is 76.5 Å². The third-order valence-electron chi connectivity index (χ3n) is 10.4. The van der Waals surface area contributed by atoms with E-state index >= 15 is 0 Å². The van der Waals surface area contributed by atoms with Gasteiger partial charge in [0.05, 0.1) is 33.3 Å². The lowest BCUT2D eigenvalue weighted by Gasteiger charge is -2.12. The number of benzene rings is 7. The van der Waals surface area contributed by atoms with E-state index in [0.29, 0.717) is 5.95 Å². The minimum Gasteiger partial charge on any atom is -0.294 e. The van der Waals surface area contributed by atoms with E-state index in [2.05, 4.69) is 155 Å². The Labute approximate surface area is 298 Å². The number of pyridine rings is 1. The van der Waals surface area contributed by atoms with Crippen LogP contribution >= 0.6 is 0 Å². The Hall–Kier alpha value is -7.11. The first-order valence-electron chi connectivity index (χ1n) is 17.5. The standard InChI is InChI=1S/C47H29N5/c1-2-13-31(14-3-1)46-36-17-6-8-18-39(36)49-47(50-46)52-42-25-23-33(29-38(42)45-34-15-5-4-12-30(34)21-26-43(45)52)32-22-24-41-37(28-32)35-16-7-9-19-40(35)51(41)44-20-10-11-27-48-44/h1-29H. The molecule has 0 unspecified atom stereocenters. The molecule has 5 nitrogen and oxygen atoms in total. The van der Waals surface area contributed by atoms with Crippen molar-refractivity contribution in [3.8, 4) is 34.2 Å². The van der Waals surface area contributed by atoms with Crippen LogP contribution in [0.4, 0.5) is 0 Å². The molecule has 0 radical (unpaired) electrons. The lowest BCUT2D eigenvalue weighted by atomic mass is 9.99. The van der Waals surface area contributed by atoms with Gasteiger partial charge in [0.15, 0.2) is 0 Å². The first kappa shape index (κ1) is 28.7. The van der Waals surface area contributed by atoms with Gasteiger partial charge in [-0.1, -0.05) is 115 Å². The van der Waals surface area contributed by atoms with Crippen molar-refractivity contribution < 1.29 is 0 Å². The summed E-state index contributed by atoms with van der Waals surface area (Å²) in [7, 11) is 0. The summed E-state index contributed by atoms with van der Waals surface area (Å²) in [6.07, 6.45) is 1.85. The molecule has 4 heterocycles. The Morgan fingerprint density at radius 2 is 1.04 bits per heavy atom. The lowest BCUT2D eigenvalue weighted by Crippen LogP contribution is -2.03. The number of hydrogen-bond donors (Lipinski definition) is 0. The van der Waals surface area contributed by atoms with Crippen LogP contribution in [0.5, 0.6) is 0 Å². The Morgan fingerprint density at radius 1 is 0.385 bits per heavy atom. The predicted molar refractivity (Wildman–Crippen MR) is 214 cm³/mol. The molecule has 0 saturated heterocycles. The second-order valence-electron chi connectivity index (χ2n) is 13.3. The Balaban J connectivity index is 1.18. The summed E-state index contributed by atoms with van der Waals surface area (Å²) in [4.78, 5) is 15.2. The van der Waals surface area contributed by atoms with E-state index in [1.54, 1.807) is 0 Å². The highest BCUT2D eigenvalue weighted by Crippen LogP contribution is 2.40. The van der Waals surface area contributed by atoms with E-state index in [-0.39, 0.29) is 0 Å². The molecule has 0 N–H and O–H groups in total. The van der Waals surface area contributed by atoms with E-state index in [9.17, 15) is 0 Å². The van der Waals surface area contributed by atoms with Crippen molar-refractivity contribution in [3.63, 3.8) is 0 Å². The molecule has 0 amide bonds. The molecule has 11 rings (SSSR count). The van der Waals surface area contributed by atoms with Crippen molar-refractivity contribution in [3.05, 3.63) is 176 Å². The number of fused-ring (bicyclic) bond motifs is 9. The topological polar surface area (TPSA) is 48.5 Å². The van der Waals surface area contributed by atoms with Crippen LogP contribution in [0.25, 0.3) is 99.4 Å². The van der Waals surface area contributed by atoms with Gasteiger partial charge in [0.2, 0.25) is 5.95 Å². The first-order valence-corrected chi connectivity index (χ1v) is 17.5. The highest BCUT2D eigenvalue weighted by molar-refractivity contribution is 6.22. The van der Waals surface area contributed by atoms with E-state index in [1.807, 2.05) is 30.5 Å². The van der Waals surface area contributed by atoms with Crippen LogP contribution in [0.1, 0.15) is 0 Å². The fourth-order valence-corrected chi connectivity index (χ4v) is 8.05. The minimum atomic E-state index is 0.657. The van der Waals surface area contributed by atoms with E-state index in [0.717, 1.165) is 61.2 Å².